The fraction of sp³-hybridized carbons (Fsp3) is 0.556. The van der Waals surface area contributed by atoms with Gasteiger partial charge in [0, 0.05) is 39.8 Å². The summed E-state index contributed by atoms with van der Waals surface area (Å²) < 4.78 is 11.8. The van der Waals surface area contributed by atoms with Crippen molar-refractivity contribution in [3.8, 4) is 0 Å². The molecule has 4 unspecified atom stereocenters. The Hall–Kier alpha value is -1.40. The normalized spacial score (nSPS) is 23.3. The number of amides is 1. The van der Waals surface area contributed by atoms with Crippen LogP contribution < -0.4 is 0 Å². The first kappa shape index (κ1) is 19.9. The Morgan fingerprint density at radius 3 is 2.52 bits per heavy atom. The Morgan fingerprint density at radius 1 is 1.36 bits per heavy atom. The molecule has 25 heavy (non-hydrogen) atoms. The van der Waals surface area contributed by atoms with E-state index in [4.69, 9.17) is 16.7 Å². The molecule has 1 amide bonds. The Balaban J connectivity index is 2.36. The number of piperidine rings is 1. The molecule has 5 nitrogen and oxygen atoms in total. The van der Waals surface area contributed by atoms with E-state index in [-0.39, 0.29) is 24.4 Å². The van der Waals surface area contributed by atoms with Crippen LogP contribution in [-0.2, 0) is 20.4 Å². The molecule has 1 aliphatic heterocycles. The zero-order valence-electron chi connectivity index (χ0n) is 14.5. The quantitative estimate of drug-likeness (QED) is 0.781. The van der Waals surface area contributed by atoms with Crippen LogP contribution >= 0.6 is 11.6 Å². The van der Waals surface area contributed by atoms with Gasteiger partial charge < -0.3 is 10.0 Å². The number of rotatable bonds is 7. The topological polar surface area (TPSA) is 74.7 Å². The smallest absolute Gasteiger partial charge is 0.304 e. The molecule has 0 spiro atoms. The summed E-state index contributed by atoms with van der Waals surface area (Å²) >= 11 is 5.97. The Labute approximate surface area is 155 Å². The molecular weight excluding hydrogens is 362 g/mol. The number of aliphatic carboxylic acids is 1. The van der Waals surface area contributed by atoms with Crippen LogP contribution in [0.5, 0.6) is 0 Å². The SMILES string of the molecule is CCC(CS(C)=O)N1C(=O)C(CC(=O)O)CCC1c1ccc(Cl)cc1. The van der Waals surface area contributed by atoms with E-state index in [2.05, 4.69) is 0 Å². The van der Waals surface area contributed by atoms with Gasteiger partial charge in [0.15, 0.2) is 0 Å². The van der Waals surface area contributed by atoms with E-state index in [1.165, 1.54) is 0 Å². The van der Waals surface area contributed by atoms with Crippen molar-refractivity contribution in [3.05, 3.63) is 34.9 Å². The largest absolute Gasteiger partial charge is 0.481 e. The lowest BCUT2D eigenvalue weighted by Gasteiger charge is -2.43. The molecule has 1 aromatic carbocycles. The van der Waals surface area contributed by atoms with Crippen LogP contribution in [0.25, 0.3) is 0 Å². The van der Waals surface area contributed by atoms with E-state index in [9.17, 15) is 13.8 Å². The predicted molar refractivity (Wildman–Crippen MR) is 99.0 cm³/mol. The van der Waals surface area contributed by atoms with Crippen LogP contribution in [0.15, 0.2) is 24.3 Å². The average Bonchev–Trinajstić information content (AvgIpc) is 2.55. The van der Waals surface area contributed by atoms with Gasteiger partial charge in [0.05, 0.1) is 12.5 Å². The van der Waals surface area contributed by atoms with Crippen LogP contribution in [-0.4, -0.2) is 44.1 Å². The number of hydrogen-bond donors (Lipinski definition) is 1. The fourth-order valence-electron chi connectivity index (χ4n) is 3.50. The molecule has 7 heteroatoms. The van der Waals surface area contributed by atoms with Gasteiger partial charge in [0.25, 0.3) is 0 Å². The predicted octanol–water partition coefficient (Wildman–Crippen LogP) is 3.25. The highest BCUT2D eigenvalue weighted by Crippen LogP contribution is 2.38. The molecular formula is C18H24ClNO4S. The fourth-order valence-corrected chi connectivity index (χ4v) is 4.56. The van der Waals surface area contributed by atoms with E-state index in [1.54, 1.807) is 23.3 Å². The average molecular weight is 386 g/mol. The second-order valence-electron chi connectivity index (χ2n) is 6.49. The van der Waals surface area contributed by atoms with Gasteiger partial charge in [-0.25, -0.2) is 0 Å². The maximum absolute atomic E-state index is 13.0. The third kappa shape index (κ3) is 5.05. The zero-order valence-corrected chi connectivity index (χ0v) is 16.1. The lowest BCUT2D eigenvalue weighted by molar-refractivity contribution is -0.150. The van der Waals surface area contributed by atoms with Crippen LogP contribution in [0.3, 0.4) is 0 Å². The number of hydrogen-bond acceptors (Lipinski definition) is 3. The van der Waals surface area contributed by atoms with Crippen molar-refractivity contribution in [2.24, 2.45) is 5.92 Å². The second kappa shape index (κ2) is 8.81. The molecule has 1 N–H and O–H groups in total. The number of carbonyl (C=O) groups is 2. The first-order valence-corrected chi connectivity index (χ1v) is 10.5. The van der Waals surface area contributed by atoms with Crippen LogP contribution in [0.2, 0.25) is 5.02 Å². The molecule has 1 aliphatic rings. The molecule has 4 atom stereocenters. The number of carbonyl (C=O) groups excluding carboxylic acids is 1. The van der Waals surface area contributed by atoms with E-state index in [1.807, 2.05) is 19.1 Å². The molecule has 1 saturated heterocycles. The molecule has 1 aromatic rings. The highest BCUT2D eigenvalue weighted by atomic mass is 35.5. The van der Waals surface area contributed by atoms with Crippen molar-refractivity contribution in [1.82, 2.24) is 4.90 Å². The Bertz CT molecular complexity index is 649. The third-order valence-electron chi connectivity index (χ3n) is 4.70. The summed E-state index contributed by atoms with van der Waals surface area (Å²) in [5, 5.41) is 9.72. The van der Waals surface area contributed by atoms with Gasteiger partial charge in [-0.1, -0.05) is 30.7 Å². The molecule has 0 bridgehead atoms. The van der Waals surface area contributed by atoms with Crippen molar-refractivity contribution < 1.29 is 18.9 Å². The van der Waals surface area contributed by atoms with Gasteiger partial charge in [-0.05, 0) is 37.0 Å². The van der Waals surface area contributed by atoms with Crippen molar-refractivity contribution in [2.75, 3.05) is 12.0 Å². The molecule has 2 rings (SSSR count). The molecule has 138 valence electrons. The highest BCUT2D eigenvalue weighted by Gasteiger charge is 2.40. The minimum Gasteiger partial charge on any atom is -0.481 e. The minimum atomic E-state index is -1.04. The van der Waals surface area contributed by atoms with Crippen LogP contribution in [0.4, 0.5) is 0 Å². The van der Waals surface area contributed by atoms with Crippen molar-refractivity contribution in [2.45, 2.75) is 44.7 Å². The summed E-state index contributed by atoms with van der Waals surface area (Å²) in [7, 11) is -1.04. The van der Waals surface area contributed by atoms with E-state index in [0.717, 1.165) is 5.56 Å². The van der Waals surface area contributed by atoms with Gasteiger partial charge in [-0.15, -0.1) is 0 Å². The van der Waals surface area contributed by atoms with Crippen molar-refractivity contribution in [3.63, 3.8) is 0 Å². The number of carboxylic acid groups (broad SMARTS) is 1. The molecule has 0 aliphatic carbocycles. The standard InChI is InChI=1S/C18H24ClNO4S/c1-3-15(11-25(2)24)20-16(12-4-7-14(19)8-5-12)9-6-13(18(20)23)10-17(21)22/h4-5,7-8,13,15-16H,3,6,9-11H2,1-2H3,(H,21,22). The number of benzene rings is 1. The molecule has 0 saturated carbocycles. The van der Waals surface area contributed by atoms with Gasteiger partial charge in [0.1, 0.15) is 0 Å². The highest BCUT2D eigenvalue weighted by molar-refractivity contribution is 7.84. The third-order valence-corrected chi connectivity index (χ3v) is 5.80. The lowest BCUT2D eigenvalue weighted by atomic mass is 9.85. The summed E-state index contributed by atoms with van der Waals surface area (Å²) in [6.07, 6.45) is 3.38. The maximum atomic E-state index is 13.0. The van der Waals surface area contributed by atoms with Crippen molar-refractivity contribution in [1.29, 1.82) is 0 Å². The van der Waals surface area contributed by atoms with E-state index >= 15 is 0 Å². The summed E-state index contributed by atoms with van der Waals surface area (Å²) in [5.41, 5.74) is 0.979. The second-order valence-corrected chi connectivity index (χ2v) is 8.40. The molecule has 0 radical (unpaired) electrons. The van der Waals surface area contributed by atoms with E-state index < -0.39 is 22.7 Å². The first-order chi connectivity index (χ1) is 11.8. The monoisotopic (exact) mass is 385 g/mol. The van der Waals surface area contributed by atoms with Crippen molar-refractivity contribution >= 4 is 34.3 Å². The maximum Gasteiger partial charge on any atom is 0.304 e. The number of halogens is 1. The summed E-state index contributed by atoms with van der Waals surface area (Å²) in [5.74, 6) is -1.23. The van der Waals surface area contributed by atoms with Gasteiger partial charge in [-0.2, -0.15) is 0 Å². The first-order valence-electron chi connectivity index (χ1n) is 8.43. The lowest BCUT2D eigenvalue weighted by Crippen LogP contribution is -2.51. The molecule has 1 heterocycles. The Morgan fingerprint density at radius 2 is 2.00 bits per heavy atom. The van der Waals surface area contributed by atoms with Crippen LogP contribution in [0, 0.1) is 5.92 Å². The van der Waals surface area contributed by atoms with Crippen LogP contribution in [0.1, 0.15) is 44.2 Å². The number of carboxylic acids is 1. The molecule has 1 fully saturated rings. The zero-order chi connectivity index (χ0) is 18.6. The van der Waals surface area contributed by atoms with Gasteiger partial charge >= 0.3 is 5.97 Å². The summed E-state index contributed by atoms with van der Waals surface area (Å²) in [4.78, 5) is 25.9. The summed E-state index contributed by atoms with van der Waals surface area (Å²) in [6.45, 7) is 1.96. The minimum absolute atomic E-state index is 0.136. The van der Waals surface area contributed by atoms with Gasteiger partial charge in [-0.3, -0.25) is 13.8 Å². The van der Waals surface area contributed by atoms with Gasteiger partial charge in [0.2, 0.25) is 5.91 Å². The summed E-state index contributed by atoms with van der Waals surface area (Å²) in [6, 6.07) is 7.09. The van der Waals surface area contributed by atoms with E-state index in [0.29, 0.717) is 30.0 Å². The molecule has 0 aromatic heterocycles. The number of likely N-dealkylation sites (tertiary alicyclic amines) is 1. The Kier molecular flexibility index (Phi) is 7.02. The number of nitrogens with zero attached hydrogens (tertiary/aromatic N) is 1.